The van der Waals surface area contributed by atoms with Crippen molar-refractivity contribution in [2.45, 2.75) is 25.7 Å². The number of ether oxygens (including phenoxy) is 2. The maximum absolute atomic E-state index is 12.3. The van der Waals surface area contributed by atoms with Gasteiger partial charge in [0.1, 0.15) is 18.1 Å². The number of nitrogens with one attached hydrogen (secondary N) is 1. The van der Waals surface area contributed by atoms with Crippen molar-refractivity contribution in [3.8, 4) is 11.5 Å². The first-order valence-electron chi connectivity index (χ1n) is 7.85. The molecular formula is C18H23NO4S. The van der Waals surface area contributed by atoms with Gasteiger partial charge in [0.15, 0.2) is 0 Å². The molecule has 0 radical (unpaired) electrons. The third-order valence-electron chi connectivity index (χ3n) is 3.57. The highest BCUT2D eigenvalue weighted by Gasteiger charge is 2.14. The number of sulfonamides is 1. The Kier molecular flexibility index (Phi) is 6.23. The number of aryl methyl sites for hydroxylation is 2. The van der Waals surface area contributed by atoms with Crippen molar-refractivity contribution < 1.29 is 17.9 Å². The van der Waals surface area contributed by atoms with Gasteiger partial charge < -0.3 is 9.47 Å². The van der Waals surface area contributed by atoms with E-state index in [4.69, 9.17) is 9.47 Å². The SMILES string of the molecule is CCOc1cccc(OCCNS(=O)(=O)c2ccc(C)c(C)c2)c1. The Bertz CT molecular complexity index is 787. The monoisotopic (exact) mass is 349 g/mol. The van der Waals surface area contributed by atoms with E-state index >= 15 is 0 Å². The van der Waals surface area contributed by atoms with Crippen LogP contribution in [0.15, 0.2) is 47.4 Å². The summed E-state index contributed by atoms with van der Waals surface area (Å²) in [5, 5.41) is 0. The second kappa shape index (κ2) is 8.17. The predicted molar refractivity (Wildman–Crippen MR) is 94.2 cm³/mol. The quantitative estimate of drug-likeness (QED) is 0.744. The molecule has 2 aromatic rings. The molecule has 0 atom stereocenters. The maximum Gasteiger partial charge on any atom is 0.240 e. The molecule has 0 aromatic heterocycles. The number of hydrogen-bond acceptors (Lipinski definition) is 4. The molecule has 0 heterocycles. The van der Waals surface area contributed by atoms with Crippen LogP contribution in [0.2, 0.25) is 0 Å². The van der Waals surface area contributed by atoms with E-state index in [0.717, 1.165) is 16.9 Å². The second-order valence-corrected chi connectivity index (χ2v) is 7.17. The normalized spacial score (nSPS) is 11.3. The Morgan fingerprint density at radius 2 is 1.67 bits per heavy atom. The molecule has 0 saturated carbocycles. The smallest absolute Gasteiger partial charge is 0.240 e. The summed E-state index contributed by atoms with van der Waals surface area (Å²) in [5.74, 6) is 1.37. The third kappa shape index (κ3) is 4.97. The van der Waals surface area contributed by atoms with Crippen molar-refractivity contribution in [2.24, 2.45) is 0 Å². The average molecular weight is 349 g/mol. The zero-order valence-corrected chi connectivity index (χ0v) is 15.0. The van der Waals surface area contributed by atoms with Crippen LogP contribution in [0.3, 0.4) is 0 Å². The predicted octanol–water partition coefficient (Wildman–Crippen LogP) is 3.06. The number of rotatable bonds is 8. The van der Waals surface area contributed by atoms with E-state index in [0.29, 0.717) is 12.4 Å². The molecule has 2 aromatic carbocycles. The van der Waals surface area contributed by atoms with Crippen molar-refractivity contribution >= 4 is 10.0 Å². The van der Waals surface area contributed by atoms with Crippen LogP contribution in [-0.2, 0) is 10.0 Å². The van der Waals surface area contributed by atoms with E-state index in [9.17, 15) is 8.42 Å². The molecular weight excluding hydrogens is 326 g/mol. The Morgan fingerprint density at radius 1 is 0.958 bits per heavy atom. The van der Waals surface area contributed by atoms with Crippen LogP contribution >= 0.6 is 0 Å². The summed E-state index contributed by atoms with van der Waals surface area (Å²) in [6.07, 6.45) is 0. The van der Waals surface area contributed by atoms with Gasteiger partial charge in [-0.15, -0.1) is 0 Å². The van der Waals surface area contributed by atoms with E-state index in [1.54, 1.807) is 30.3 Å². The summed E-state index contributed by atoms with van der Waals surface area (Å²) in [6.45, 7) is 6.76. The van der Waals surface area contributed by atoms with Crippen LogP contribution in [0.5, 0.6) is 11.5 Å². The van der Waals surface area contributed by atoms with Crippen LogP contribution in [0.4, 0.5) is 0 Å². The maximum atomic E-state index is 12.3. The van der Waals surface area contributed by atoms with Crippen LogP contribution < -0.4 is 14.2 Å². The Balaban J connectivity index is 1.89. The molecule has 0 aliphatic carbocycles. The number of hydrogen-bond donors (Lipinski definition) is 1. The van der Waals surface area contributed by atoms with Crippen LogP contribution in [-0.4, -0.2) is 28.2 Å². The molecule has 0 unspecified atom stereocenters. The summed E-state index contributed by atoms with van der Waals surface area (Å²) >= 11 is 0. The largest absolute Gasteiger partial charge is 0.494 e. The van der Waals surface area contributed by atoms with E-state index < -0.39 is 10.0 Å². The van der Waals surface area contributed by atoms with Gasteiger partial charge in [0.05, 0.1) is 11.5 Å². The molecule has 130 valence electrons. The van der Waals surface area contributed by atoms with Crippen molar-refractivity contribution in [1.29, 1.82) is 0 Å². The molecule has 0 aliphatic rings. The van der Waals surface area contributed by atoms with Gasteiger partial charge in [-0.05, 0) is 56.2 Å². The van der Waals surface area contributed by atoms with Crippen molar-refractivity contribution in [3.05, 3.63) is 53.6 Å². The molecule has 0 spiro atoms. The minimum atomic E-state index is -3.53. The topological polar surface area (TPSA) is 64.6 Å². The highest BCUT2D eigenvalue weighted by atomic mass is 32.2. The van der Waals surface area contributed by atoms with E-state index in [-0.39, 0.29) is 18.0 Å². The van der Waals surface area contributed by atoms with Gasteiger partial charge in [-0.3, -0.25) is 0 Å². The minimum Gasteiger partial charge on any atom is -0.494 e. The first-order valence-corrected chi connectivity index (χ1v) is 9.33. The zero-order chi connectivity index (χ0) is 17.6. The Morgan fingerprint density at radius 3 is 2.33 bits per heavy atom. The minimum absolute atomic E-state index is 0.189. The first kappa shape index (κ1) is 18.3. The standard InChI is InChI=1S/C18H23NO4S/c1-4-22-16-6-5-7-17(13-16)23-11-10-19-24(20,21)18-9-8-14(2)15(3)12-18/h5-9,12-13,19H,4,10-11H2,1-3H3. The van der Waals surface area contributed by atoms with Gasteiger partial charge in [-0.2, -0.15) is 0 Å². The van der Waals surface area contributed by atoms with Gasteiger partial charge in [0.2, 0.25) is 10.0 Å². The lowest BCUT2D eigenvalue weighted by Crippen LogP contribution is -2.28. The van der Waals surface area contributed by atoms with Crippen molar-refractivity contribution in [2.75, 3.05) is 19.8 Å². The van der Waals surface area contributed by atoms with E-state index in [2.05, 4.69) is 4.72 Å². The van der Waals surface area contributed by atoms with Crippen molar-refractivity contribution in [1.82, 2.24) is 4.72 Å². The summed E-state index contributed by atoms with van der Waals surface area (Å²) in [7, 11) is -3.53. The Hall–Kier alpha value is -2.05. The third-order valence-corrected chi connectivity index (χ3v) is 5.03. The fourth-order valence-electron chi connectivity index (χ4n) is 2.13. The molecule has 1 N–H and O–H groups in total. The molecule has 2 rings (SSSR count). The summed E-state index contributed by atoms with van der Waals surface area (Å²) < 4.78 is 38.0. The highest BCUT2D eigenvalue weighted by molar-refractivity contribution is 7.89. The summed E-state index contributed by atoms with van der Waals surface area (Å²) in [5.41, 5.74) is 2.01. The first-order chi connectivity index (χ1) is 11.4. The fourth-order valence-corrected chi connectivity index (χ4v) is 3.23. The Labute approximate surface area is 143 Å². The number of benzene rings is 2. The van der Waals surface area contributed by atoms with Crippen LogP contribution in [0, 0.1) is 13.8 Å². The summed E-state index contributed by atoms with van der Waals surface area (Å²) in [6, 6.07) is 12.3. The molecule has 24 heavy (non-hydrogen) atoms. The highest BCUT2D eigenvalue weighted by Crippen LogP contribution is 2.19. The second-order valence-electron chi connectivity index (χ2n) is 5.40. The van der Waals surface area contributed by atoms with Gasteiger partial charge in [0, 0.05) is 12.6 Å². The lowest BCUT2D eigenvalue weighted by Gasteiger charge is -2.10. The molecule has 6 heteroatoms. The molecule has 5 nitrogen and oxygen atoms in total. The van der Waals surface area contributed by atoms with E-state index in [1.807, 2.05) is 32.9 Å². The average Bonchev–Trinajstić information content (AvgIpc) is 2.55. The fraction of sp³-hybridized carbons (Fsp3) is 0.333. The zero-order valence-electron chi connectivity index (χ0n) is 14.2. The van der Waals surface area contributed by atoms with Gasteiger partial charge in [0.25, 0.3) is 0 Å². The molecule has 0 saturated heterocycles. The van der Waals surface area contributed by atoms with Gasteiger partial charge in [-0.25, -0.2) is 13.1 Å². The van der Waals surface area contributed by atoms with Gasteiger partial charge >= 0.3 is 0 Å². The summed E-state index contributed by atoms with van der Waals surface area (Å²) in [4.78, 5) is 0.268. The van der Waals surface area contributed by atoms with Gasteiger partial charge in [-0.1, -0.05) is 12.1 Å². The van der Waals surface area contributed by atoms with E-state index in [1.165, 1.54) is 0 Å². The molecule has 0 amide bonds. The lowest BCUT2D eigenvalue weighted by molar-refractivity contribution is 0.313. The lowest BCUT2D eigenvalue weighted by atomic mass is 10.1. The van der Waals surface area contributed by atoms with Crippen LogP contribution in [0.25, 0.3) is 0 Å². The van der Waals surface area contributed by atoms with Crippen LogP contribution in [0.1, 0.15) is 18.1 Å². The molecule has 0 bridgehead atoms. The molecule has 0 fully saturated rings. The molecule has 0 aliphatic heterocycles. The van der Waals surface area contributed by atoms with Crippen molar-refractivity contribution in [3.63, 3.8) is 0 Å².